The van der Waals surface area contributed by atoms with Gasteiger partial charge in [-0.15, -0.1) is 0 Å². The fourth-order valence-electron chi connectivity index (χ4n) is 2.06. The molecule has 0 fully saturated rings. The van der Waals surface area contributed by atoms with Gasteiger partial charge in [0.2, 0.25) is 0 Å². The first kappa shape index (κ1) is 14.1. The van der Waals surface area contributed by atoms with Gasteiger partial charge in [0.05, 0.1) is 23.6 Å². The Balaban J connectivity index is 2.63. The van der Waals surface area contributed by atoms with Crippen LogP contribution in [-0.2, 0) is 4.74 Å². The van der Waals surface area contributed by atoms with Gasteiger partial charge in [0.25, 0.3) is 0 Å². The molecule has 0 atom stereocenters. The van der Waals surface area contributed by atoms with Gasteiger partial charge in [-0.2, -0.15) is 0 Å². The number of benzene rings is 1. The van der Waals surface area contributed by atoms with Crippen molar-refractivity contribution in [3.05, 3.63) is 46.0 Å². The standard InChI is InChI=1S/C15H17NO4/c1-9(11(17)7-8-19-2)13-14(16)10-5-3-4-6-12(10)20-15(13)18/h3-6,17H,7-8,16H2,1-2H3/b11-9-. The van der Waals surface area contributed by atoms with E-state index in [1.165, 1.54) is 0 Å². The van der Waals surface area contributed by atoms with Gasteiger partial charge in [0.15, 0.2) is 0 Å². The number of hydrogen-bond donors (Lipinski definition) is 2. The first-order valence-electron chi connectivity index (χ1n) is 6.25. The highest BCUT2D eigenvalue weighted by molar-refractivity contribution is 5.94. The van der Waals surface area contributed by atoms with Gasteiger partial charge in [-0.1, -0.05) is 12.1 Å². The number of allylic oxidation sites excluding steroid dienone is 1. The molecular formula is C15H17NO4. The zero-order valence-corrected chi connectivity index (χ0v) is 11.5. The van der Waals surface area contributed by atoms with Crippen molar-refractivity contribution in [1.29, 1.82) is 0 Å². The monoisotopic (exact) mass is 275 g/mol. The summed E-state index contributed by atoms with van der Waals surface area (Å²) in [5.41, 5.74) is 6.87. The minimum absolute atomic E-state index is 0.0705. The number of nitrogens with two attached hydrogens (primary N) is 1. The summed E-state index contributed by atoms with van der Waals surface area (Å²) in [6, 6.07) is 7.03. The highest BCUT2D eigenvalue weighted by atomic mass is 16.5. The molecule has 0 aliphatic carbocycles. The Morgan fingerprint density at radius 2 is 2.10 bits per heavy atom. The number of aliphatic hydroxyl groups excluding tert-OH is 1. The van der Waals surface area contributed by atoms with Crippen LogP contribution < -0.4 is 11.4 Å². The van der Waals surface area contributed by atoms with Gasteiger partial charge >= 0.3 is 5.63 Å². The molecule has 1 aromatic carbocycles. The van der Waals surface area contributed by atoms with Crippen LogP contribution in [-0.4, -0.2) is 18.8 Å². The molecular weight excluding hydrogens is 258 g/mol. The third-order valence-corrected chi connectivity index (χ3v) is 3.20. The molecule has 0 unspecified atom stereocenters. The van der Waals surface area contributed by atoms with Crippen molar-refractivity contribution >= 4 is 22.2 Å². The lowest BCUT2D eigenvalue weighted by atomic mass is 10.0. The molecule has 0 bridgehead atoms. The van der Waals surface area contributed by atoms with E-state index in [4.69, 9.17) is 14.9 Å². The van der Waals surface area contributed by atoms with Crippen LogP contribution in [0.25, 0.3) is 16.5 Å². The van der Waals surface area contributed by atoms with Crippen molar-refractivity contribution in [2.75, 3.05) is 19.5 Å². The second-order valence-electron chi connectivity index (χ2n) is 4.49. The molecule has 3 N–H and O–H groups in total. The van der Waals surface area contributed by atoms with Crippen molar-refractivity contribution in [1.82, 2.24) is 0 Å². The number of methoxy groups -OCH3 is 1. The van der Waals surface area contributed by atoms with Gasteiger partial charge in [-0.05, 0) is 19.1 Å². The van der Waals surface area contributed by atoms with E-state index in [1.54, 1.807) is 32.2 Å². The fourth-order valence-corrected chi connectivity index (χ4v) is 2.06. The lowest BCUT2D eigenvalue weighted by molar-refractivity contribution is 0.189. The maximum absolute atomic E-state index is 12.1. The van der Waals surface area contributed by atoms with Crippen LogP contribution in [0.3, 0.4) is 0 Å². The van der Waals surface area contributed by atoms with Crippen molar-refractivity contribution < 1.29 is 14.3 Å². The van der Waals surface area contributed by atoms with Crippen molar-refractivity contribution in [2.45, 2.75) is 13.3 Å². The lowest BCUT2D eigenvalue weighted by Gasteiger charge is -2.10. The minimum atomic E-state index is -0.553. The van der Waals surface area contributed by atoms with Crippen molar-refractivity contribution in [3.63, 3.8) is 0 Å². The molecule has 0 saturated carbocycles. The molecule has 106 valence electrons. The van der Waals surface area contributed by atoms with E-state index in [9.17, 15) is 9.90 Å². The zero-order valence-electron chi connectivity index (χ0n) is 11.5. The molecule has 1 heterocycles. The van der Waals surface area contributed by atoms with E-state index in [0.717, 1.165) is 0 Å². The molecule has 20 heavy (non-hydrogen) atoms. The van der Waals surface area contributed by atoms with E-state index in [0.29, 0.717) is 35.3 Å². The van der Waals surface area contributed by atoms with E-state index < -0.39 is 5.63 Å². The van der Waals surface area contributed by atoms with Gasteiger partial charge in [0.1, 0.15) is 5.58 Å². The van der Waals surface area contributed by atoms with Crippen molar-refractivity contribution in [3.8, 4) is 0 Å². The van der Waals surface area contributed by atoms with Gasteiger partial charge < -0.3 is 20.0 Å². The lowest BCUT2D eigenvalue weighted by Crippen LogP contribution is -2.11. The second-order valence-corrected chi connectivity index (χ2v) is 4.49. The number of fused-ring (bicyclic) bond motifs is 1. The van der Waals surface area contributed by atoms with E-state index in [-0.39, 0.29) is 11.3 Å². The Morgan fingerprint density at radius 1 is 1.40 bits per heavy atom. The summed E-state index contributed by atoms with van der Waals surface area (Å²) in [6.45, 7) is 2.00. The van der Waals surface area contributed by atoms with E-state index in [1.807, 2.05) is 6.07 Å². The Morgan fingerprint density at radius 3 is 2.80 bits per heavy atom. The van der Waals surface area contributed by atoms with Gasteiger partial charge in [-0.3, -0.25) is 0 Å². The third-order valence-electron chi connectivity index (χ3n) is 3.20. The number of para-hydroxylation sites is 1. The summed E-state index contributed by atoms with van der Waals surface area (Å²) in [7, 11) is 1.54. The predicted molar refractivity (Wildman–Crippen MR) is 78.6 cm³/mol. The van der Waals surface area contributed by atoms with Crippen LogP contribution in [0.15, 0.2) is 39.2 Å². The van der Waals surface area contributed by atoms with Crippen LogP contribution in [0, 0.1) is 0 Å². The first-order chi connectivity index (χ1) is 9.56. The average molecular weight is 275 g/mol. The minimum Gasteiger partial charge on any atom is -0.512 e. The fraction of sp³-hybridized carbons (Fsp3) is 0.267. The molecule has 0 radical (unpaired) electrons. The van der Waals surface area contributed by atoms with Crippen LogP contribution in [0.5, 0.6) is 0 Å². The maximum Gasteiger partial charge on any atom is 0.346 e. The number of ether oxygens (including phenoxy) is 1. The molecule has 0 saturated heterocycles. The molecule has 0 aliphatic rings. The molecule has 5 nitrogen and oxygen atoms in total. The smallest absolute Gasteiger partial charge is 0.346 e. The summed E-state index contributed by atoms with van der Waals surface area (Å²) in [5, 5.41) is 10.6. The molecule has 2 rings (SSSR count). The Bertz CT molecular complexity index is 715. The molecule has 0 spiro atoms. The SMILES string of the molecule is COCC/C(O)=C(\C)c1c(N)c2ccccc2oc1=O. The largest absolute Gasteiger partial charge is 0.512 e. The van der Waals surface area contributed by atoms with Crippen LogP contribution in [0.2, 0.25) is 0 Å². The molecule has 1 aromatic heterocycles. The van der Waals surface area contributed by atoms with Crippen LogP contribution >= 0.6 is 0 Å². The number of hydrogen-bond acceptors (Lipinski definition) is 5. The number of rotatable bonds is 4. The second kappa shape index (κ2) is 5.79. The van der Waals surface area contributed by atoms with Crippen LogP contribution in [0.4, 0.5) is 5.69 Å². The van der Waals surface area contributed by atoms with E-state index >= 15 is 0 Å². The summed E-state index contributed by atoms with van der Waals surface area (Å²) in [5.74, 6) is 0.0705. The third kappa shape index (κ3) is 2.53. The Labute approximate surface area is 116 Å². The van der Waals surface area contributed by atoms with E-state index in [2.05, 4.69) is 0 Å². The average Bonchev–Trinajstić information content (AvgIpc) is 2.44. The molecule has 0 amide bonds. The highest BCUT2D eigenvalue weighted by Crippen LogP contribution is 2.28. The Hall–Kier alpha value is -2.27. The zero-order chi connectivity index (χ0) is 14.7. The molecule has 5 heteroatoms. The Kier molecular flexibility index (Phi) is 4.10. The topological polar surface area (TPSA) is 85.7 Å². The number of aliphatic hydroxyl groups is 1. The summed E-state index contributed by atoms with van der Waals surface area (Å²) in [6.07, 6.45) is 0.314. The first-order valence-corrected chi connectivity index (χ1v) is 6.25. The van der Waals surface area contributed by atoms with Crippen LogP contribution in [0.1, 0.15) is 18.9 Å². The normalized spacial score (nSPS) is 12.5. The van der Waals surface area contributed by atoms with Gasteiger partial charge in [-0.25, -0.2) is 4.79 Å². The summed E-state index contributed by atoms with van der Waals surface area (Å²) in [4.78, 5) is 12.1. The predicted octanol–water partition coefficient (Wildman–Crippen LogP) is 2.70. The summed E-state index contributed by atoms with van der Waals surface area (Å²) < 4.78 is 10.1. The van der Waals surface area contributed by atoms with Crippen molar-refractivity contribution in [2.24, 2.45) is 0 Å². The quantitative estimate of drug-likeness (QED) is 0.662. The molecule has 0 aliphatic heterocycles. The number of nitrogen functional groups attached to an aromatic ring is 1. The summed E-state index contributed by atoms with van der Waals surface area (Å²) >= 11 is 0. The highest BCUT2D eigenvalue weighted by Gasteiger charge is 2.16. The molecule has 2 aromatic rings. The number of anilines is 1. The van der Waals surface area contributed by atoms with Gasteiger partial charge in [0, 0.05) is 24.5 Å². The maximum atomic E-state index is 12.1.